The number of rotatable bonds is 6. The monoisotopic (exact) mass is 328 g/mol. The molecule has 0 saturated heterocycles. The van der Waals surface area contributed by atoms with E-state index in [1.165, 1.54) is 16.7 Å². The predicted molar refractivity (Wildman–Crippen MR) is 101 cm³/mol. The number of thiocarbonyl (C=S) groups is 1. The van der Waals surface area contributed by atoms with Gasteiger partial charge in [-0.1, -0.05) is 36.8 Å². The van der Waals surface area contributed by atoms with Gasteiger partial charge in [0.05, 0.1) is 7.11 Å². The number of benzene rings is 2. The quantitative estimate of drug-likeness (QED) is 0.782. The molecule has 0 atom stereocenters. The van der Waals surface area contributed by atoms with Crippen molar-refractivity contribution < 1.29 is 4.74 Å². The lowest BCUT2D eigenvalue weighted by atomic mass is 10.1. The molecule has 3 nitrogen and oxygen atoms in total. The Morgan fingerprint density at radius 2 is 1.87 bits per heavy atom. The fourth-order valence-corrected chi connectivity index (χ4v) is 2.63. The first-order valence-electron chi connectivity index (χ1n) is 7.89. The molecule has 0 unspecified atom stereocenters. The molecule has 2 aromatic carbocycles. The number of methoxy groups -OCH3 is 1. The number of hydrogen-bond donors (Lipinski definition) is 2. The summed E-state index contributed by atoms with van der Waals surface area (Å²) in [4.78, 5) is 0. The molecule has 2 N–H and O–H groups in total. The Bertz CT molecular complexity index is 653. The first kappa shape index (κ1) is 17.3. The molecule has 0 aliphatic carbocycles. The average Bonchev–Trinajstić information content (AvgIpc) is 2.56. The smallest absolute Gasteiger partial charge is 0.170 e. The Hall–Kier alpha value is -2.07. The molecule has 2 rings (SSSR count). The van der Waals surface area contributed by atoms with Crippen LogP contribution in [-0.2, 0) is 12.8 Å². The van der Waals surface area contributed by atoms with E-state index in [2.05, 4.69) is 60.9 Å². The van der Waals surface area contributed by atoms with Crippen molar-refractivity contribution in [2.45, 2.75) is 26.7 Å². The third kappa shape index (κ3) is 5.25. The van der Waals surface area contributed by atoms with Crippen molar-refractivity contribution in [1.82, 2.24) is 5.32 Å². The average molecular weight is 328 g/mol. The molecule has 0 bridgehead atoms. The van der Waals surface area contributed by atoms with Crippen LogP contribution in [0.25, 0.3) is 0 Å². The van der Waals surface area contributed by atoms with Crippen LogP contribution in [0.15, 0.2) is 42.5 Å². The van der Waals surface area contributed by atoms with E-state index in [1.807, 2.05) is 6.07 Å². The summed E-state index contributed by atoms with van der Waals surface area (Å²) in [6, 6.07) is 14.6. The summed E-state index contributed by atoms with van der Waals surface area (Å²) in [7, 11) is 1.70. The van der Waals surface area contributed by atoms with Gasteiger partial charge in [-0.25, -0.2) is 0 Å². The van der Waals surface area contributed by atoms with E-state index in [0.29, 0.717) is 5.11 Å². The summed E-state index contributed by atoms with van der Waals surface area (Å²) in [5, 5.41) is 7.09. The first-order valence-corrected chi connectivity index (χ1v) is 8.30. The van der Waals surface area contributed by atoms with Crippen molar-refractivity contribution in [1.29, 1.82) is 0 Å². The minimum atomic E-state index is 0.640. The standard InChI is InChI=1S/C19H24N2OS/c1-4-15-6-8-17(9-7-15)21-19(23)20-12-11-16-13-14(2)5-10-18(16)22-3/h5-10,13H,4,11-12H2,1-3H3,(H2,20,21,23). The second-order valence-corrected chi connectivity index (χ2v) is 5.90. The van der Waals surface area contributed by atoms with Crippen molar-refractivity contribution in [3.63, 3.8) is 0 Å². The van der Waals surface area contributed by atoms with E-state index in [0.717, 1.165) is 30.8 Å². The summed E-state index contributed by atoms with van der Waals surface area (Å²) >= 11 is 5.35. The van der Waals surface area contributed by atoms with Gasteiger partial charge in [-0.3, -0.25) is 0 Å². The third-order valence-corrected chi connectivity index (χ3v) is 3.98. The minimum Gasteiger partial charge on any atom is -0.496 e. The lowest BCUT2D eigenvalue weighted by molar-refractivity contribution is 0.409. The highest BCUT2D eigenvalue weighted by Gasteiger charge is 2.04. The van der Waals surface area contributed by atoms with E-state index < -0.39 is 0 Å². The van der Waals surface area contributed by atoms with Crippen molar-refractivity contribution in [3.05, 3.63) is 59.2 Å². The number of aryl methyl sites for hydroxylation is 2. The molecule has 23 heavy (non-hydrogen) atoms. The van der Waals surface area contributed by atoms with Crippen LogP contribution in [0.1, 0.15) is 23.6 Å². The molecule has 0 fully saturated rings. The van der Waals surface area contributed by atoms with Gasteiger partial charge in [-0.2, -0.15) is 0 Å². The second kappa shape index (κ2) is 8.53. The van der Waals surface area contributed by atoms with Gasteiger partial charge in [0.1, 0.15) is 5.75 Å². The molecule has 0 aromatic heterocycles. The zero-order valence-electron chi connectivity index (χ0n) is 14.0. The molecule has 0 heterocycles. The normalized spacial score (nSPS) is 10.2. The van der Waals surface area contributed by atoms with Crippen molar-refractivity contribution >= 4 is 23.0 Å². The van der Waals surface area contributed by atoms with E-state index in [9.17, 15) is 0 Å². The Morgan fingerprint density at radius 3 is 2.52 bits per heavy atom. The number of nitrogens with one attached hydrogen (secondary N) is 2. The summed E-state index contributed by atoms with van der Waals surface area (Å²) in [6.45, 7) is 5.00. The highest BCUT2D eigenvalue weighted by Crippen LogP contribution is 2.19. The molecular weight excluding hydrogens is 304 g/mol. The zero-order chi connectivity index (χ0) is 16.7. The number of hydrogen-bond acceptors (Lipinski definition) is 2. The maximum atomic E-state index is 5.40. The van der Waals surface area contributed by atoms with Crippen LogP contribution in [0.5, 0.6) is 5.75 Å². The topological polar surface area (TPSA) is 33.3 Å². The number of ether oxygens (including phenoxy) is 1. The predicted octanol–water partition coefficient (Wildman–Crippen LogP) is 4.10. The van der Waals surface area contributed by atoms with E-state index in [4.69, 9.17) is 17.0 Å². The molecule has 0 aliphatic heterocycles. The summed E-state index contributed by atoms with van der Waals surface area (Å²) in [5.41, 5.74) is 4.75. The molecule has 122 valence electrons. The summed E-state index contributed by atoms with van der Waals surface area (Å²) < 4.78 is 5.40. The largest absolute Gasteiger partial charge is 0.496 e. The van der Waals surface area contributed by atoms with Crippen LogP contribution in [-0.4, -0.2) is 18.8 Å². The molecule has 4 heteroatoms. The highest BCUT2D eigenvalue weighted by molar-refractivity contribution is 7.80. The van der Waals surface area contributed by atoms with Gasteiger partial charge in [-0.15, -0.1) is 0 Å². The maximum Gasteiger partial charge on any atom is 0.170 e. The van der Waals surface area contributed by atoms with Crippen LogP contribution in [0.4, 0.5) is 5.69 Å². The van der Waals surface area contributed by atoms with Gasteiger partial charge >= 0.3 is 0 Å². The van der Waals surface area contributed by atoms with E-state index >= 15 is 0 Å². The van der Waals surface area contributed by atoms with Gasteiger partial charge in [0.15, 0.2) is 5.11 Å². The maximum absolute atomic E-state index is 5.40. The molecular formula is C19H24N2OS. The van der Waals surface area contributed by atoms with Gasteiger partial charge < -0.3 is 15.4 Å². The van der Waals surface area contributed by atoms with Gasteiger partial charge in [0, 0.05) is 12.2 Å². The Labute approximate surface area is 144 Å². The molecule has 0 aliphatic rings. The van der Waals surface area contributed by atoms with E-state index in [1.54, 1.807) is 7.11 Å². The van der Waals surface area contributed by atoms with Gasteiger partial charge in [0.2, 0.25) is 0 Å². The van der Waals surface area contributed by atoms with Crippen LogP contribution >= 0.6 is 12.2 Å². The Balaban J connectivity index is 1.83. The van der Waals surface area contributed by atoms with Gasteiger partial charge in [-0.05, 0) is 61.3 Å². The van der Waals surface area contributed by atoms with Crippen LogP contribution in [0.2, 0.25) is 0 Å². The second-order valence-electron chi connectivity index (χ2n) is 5.50. The fourth-order valence-electron chi connectivity index (χ4n) is 2.41. The van der Waals surface area contributed by atoms with E-state index in [-0.39, 0.29) is 0 Å². The van der Waals surface area contributed by atoms with Crippen molar-refractivity contribution in [2.75, 3.05) is 19.0 Å². The first-order chi connectivity index (χ1) is 11.1. The lowest BCUT2D eigenvalue weighted by Crippen LogP contribution is -2.30. The van der Waals surface area contributed by atoms with Crippen LogP contribution < -0.4 is 15.4 Å². The minimum absolute atomic E-state index is 0.640. The fraction of sp³-hybridized carbons (Fsp3) is 0.316. The zero-order valence-corrected chi connectivity index (χ0v) is 14.8. The summed E-state index contributed by atoms with van der Waals surface area (Å²) in [6.07, 6.45) is 1.91. The van der Waals surface area contributed by atoms with Crippen molar-refractivity contribution in [2.24, 2.45) is 0 Å². The lowest BCUT2D eigenvalue weighted by Gasteiger charge is -2.13. The molecule has 0 spiro atoms. The van der Waals surface area contributed by atoms with Crippen LogP contribution in [0.3, 0.4) is 0 Å². The third-order valence-electron chi connectivity index (χ3n) is 3.74. The highest BCUT2D eigenvalue weighted by atomic mass is 32.1. The van der Waals surface area contributed by atoms with Crippen molar-refractivity contribution in [3.8, 4) is 5.75 Å². The Kier molecular flexibility index (Phi) is 6.41. The molecule has 0 radical (unpaired) electrons. The molecule has 0 saturated carbocycles. The molecule has 0 amide bonds. The van der Waals surface area contributed by atoms with Gasteiger partial charge in [0.25, 0.3) is 0 Å². The Morgan fingerprint density at radius 1 is 1.13 bits per heavy atom. The summed E-state index contributed by atoms with van der Waals surface area (Å²) in [5.74, 6) is 0.923. The molecule has 2 aromatic rings. The van der Waals surface area contributed by atoms with Crippen LogP contribution in [0, 0.1) is 6.92 Å². The number of anilines is 1. The SMILES string of the molecule is CCc1ccc(NC(=S)NCCc2cc(C)ccc2OC)cc1.